The minimum absolute atomic E-state index is 0. The monoisotopic (exact) mass is 2200 g/mol. The first-order chi connectivity index (χ1) is 64.2. The Morgan fingerprint density at radius 2 is 0.696 bits per heavy atom. The Labute approximate surface area is 908 Å². The van der Waals surface area contributed by atoms with Gasteiger partial charge in [0, 0.05) is 128 Å². The Kier molecular flexibility index (Phi) is 65.7. The molecule has 0 aliphatic carbocycles. The van der Waals surface area contributed by atoms with Crippen molar-refractivity contribution in [3.8, 4) is 22.5 Å². The van der Waals surface area contributed by atoms with Gasteiger partial charge >= 0.3 is 46.8 Å². The first kappa shape index (κ1) is 128. The summed E-state index contributed by atoms with van der Waals surface area (Å²) in [6.45, 7) is 48.8. The number of para-hydroxylation sites is 3. The van der Waals surface area contributed by atoms with Gasteiger partial charge in [-0.15, -0.1) is 0 Å². The maximum Gasteiger partial charge on any atom is 1.00 e. The number of pyridine rings is 3. The van der Waals surface area contributed by atoms with Crippen LogP contribution in [0, 0.1) is 6.92 Å². The quantitative estimate of drug-likeness (QED) is 0.0173. The van der Waals surface area contributed by atoms with Gasteiger partial charge in [0.1, 0.15) is 4.60 Å². The zero-order valence-electron chi connectivity index (χ0n) is 85.5. The standard InChI is InChI=1S/C25H30N2.C25H28N2.C20H24BrN.C13H9BrO.C9H10BrNO.C8H20O4Si.C6H5Br.C5H4BrN.C4H9.CH4.Al.2Li.4H/c2*1-17(2)22-12-9-13-23(18(3)4)25(22)27-19(5)20-10-8-11-21(16-20)24-14-6-7-15-26-24;1-13(2)18-10-7-11-19(14(3)4)20(18)22-15(5)16-8-6-9-17(21)12-16;14-12-8-4-7-11(9-12)13(15)10-5-2-1-3-6-10;1-11(2)9(12)7-4-3-5-8(10)6-7;1-5-9-13(10-6-2,11-7-3)12-8-4;7-6-4-2-1-3-5-6;6-5-3-1-2-4-7-5;1-3-4-2;;;;;;;;/h6-19,27H,1-5H3;6-18H,1-5H3;6-14H,1-5H3;1-9H;3-6H,1-2H3;5-8H2,1-4H3;1-5H;1-4H;1,3-4H2,2H3;1H4;;;;;;;/q;;;;;;;;-1;;;2*+1;;;;-1. The number of benzene rings is 10. The number of nitrogens with one attached hydrogen (secondary N) is 1. The number of aliphatic imine (C=N–C) groups is 2. The molecular formula is C116H147AlBr5Li2N7O6Si. The van der Waals surface area contributed by atoms with Crippen LogP contribution in [-0.2, 0) is 17.7 Å². The third-order valence-electron chi connectivity index (χ3n) is 20.4. The summed E-state index contributed by atoms with van der Waals surface area (Å²) in [6.07, 6.45) is 7.69. The molecule has 0 bridgehead atoms. The largest absolute Gasteiger partial charge is 1.00 e. The van der Waals surface area contributed by atoms with Crippen molar-refractivity contribution < 1.29 is 66.4 Å². The molecule has 0 saturated carbocycles. The zero-order valence-corrected chi connectivity index (χ0v) is 93.4. The third kappa shape index (κ3) is 45.6. The number of aromatic nitrogens is 3. The number of halogens is 5. The Hall–Kier alpha value is -7.89. The second-order valence-electron chi connectivity index (χ2n) is 33.2. The van der Waals surface area contributed by atoms with Gasteiger partial charge in [-0.2, -0.15) is 6.42 Å². The minimum Gasteiger partial charge on any atom is -1.00 e. The van der Waals surface area contributed by atoms with E-state index in [0.29, 0.717) is 73.1 Å². The first-order valence-electron chi connectivity index (χ1n) is 46.2. The van der Waals surface area contributed by atoms with Gasteiger partial charge in [0.05, 0.1) is 22.8 Å². The van der Waals surface area contributed by atoms with Crippen molar-refractivity contribution in [2.45, 2.75) is 200 Å². The third-order valence-corrected chi connectivity index (χ3v) is 25.5. The van der Waals surface area contributed by atoms with Gasteiger partial charge in [-0.3, -0.25) is 29.5 Å². The van der Waals surface area contributed by atoms with Crippen LogP contribution in [0.5, 0.6) is 0 Å². The topological polar surface area (TPSA) is 150 Å². The maximum absolute atomic E-state index is 12.0. The molecule has 13 rings (SSSR count). The van der Waals surface area contributed by atoms with Crippen molar-refractivity contribution >= 4 is 146 Å². The SMILES string of the molecule is Brc1ccccc1.Brc1ccccn1.C.CC(=Nc1c(C(C)C)cccc1C(C)C)c1cccc(-c2ccccn2)c1.CC(=Nc1c(C(C)C)cccc1C(C)C)c1cccc(Br)c1.CC(C)c1cccc(C(C)C)c1NC(C)c1cccc(-c2ccccn2)c1.CCO[Si](OCC)(OCC)OCC.CN(C)C(=O)c1cccc(Br)c1.O=C(c1ccccc1)c1cccc(Br)c1.[AlH3].[CH2-]CCC.[H-].[Li+].[Li+]. The van der Waals surface area contributed by atoms with Crippen molar-refractivity contribution in [2.75, 3.05) is 45.8 Å². The fourth-order valence-electron chi connectivity index (χ4n) is 13.4. The molecule has 0 radical (unpaired) electrons. The van der Waals surface area contributed by atoms with E-state index in [1.54, 1.807) is 31.3 Å². The van der Waals surface area contributed by atoms with E-state index in [2.05, 4.69) is 345 Å². The molecule has 1 amide bonds. The van der Waals surface area contributed by atoms with Gasteiger partial charge in [-0.05, 0) is 253 Å². The van der Waals surface area contributed by atoms with Crippen LogP contribution >= 0.6 is 79.6 Å². The summed E-state index contributed by atoms with van der Waals surface area (Å²) in [4.78, 5) is 47.9. The summed E-state index contributed by atoms with van der Waals surface area (Å²) in [5.74, 6) is 2.86. The summed E-state index contributed by atoms with van der Waals surface area (Å²) >= 11 is 16.7. The molecule has 1 unspecified atom stereocenters. The van der Waals surface area contributed by atoms with Crippen molar-refractivity contribution in [3.63, 3.8) is 0 Å². The number of anilines is 1. The number of carbonyl (C=O) groups excluding carboxylic acids is 2. The molecule has 13 nitrogen and oxygen atoms in total. The molecule has 0 aliphatic heterocycles. The van der Waals surface area contributed by atoms with Gasteiger partial charge in [0.25, 0.3) is 5.91 Å². The van der Waals surface area contributed by atoms with E-state index in [4.69, 9.17) is 27.7 Å². The van der Waals surface area contributed by atoms with Crippen LogP contribution < -0.4 is 43.0 Å². The van der Waals surface area contributed by atoms with Crippen LogP contribution in [0.1, 0.15) is 278 Å². The molecule has 1 N–H and O–H groups in total. The Bertz CT molecular complexity index is 5520. The van der Waals surface area contributed by atoms with Gasteiger partial charge in [0.15, 0.2) is 23.1 Å². The van der Waals surface area contributed by atoms with Crippen LogP contribution in [0.3, 0.4) is 0 Å². The smallest absolute Gasteiger partial charge is 1.00 e. The molecule has 1 atom stereocenters. The van der Waals surface area contributed by atoms with Crippen LogP contribution in [-0.4, -0.2) is 110 Å². The fraction of sp³-hybridized carbons (Fsp3) is 0.310. The number of amides is 1. The molecule has 13 aromatic rings. The van der Waals surface area contributed by atoms with Gasteiger partial charge < -0.3 is 36.3 Å². The second-order valence-corrected chi connectivity index (χ2v) is 39.8. The van der Waals surface area contributed by atoms with Crippen molar-refractivity contribution in [1.29, 1.82) is 0 Å². The summed E-state index contributed by atoms with van der Waals surface area (Å²) in [6, 6.07) is 97.2. The molecule has 0 saturated heterocycles. The number of carbonyl (C=O) groups is 2. The molecular weight excluding hydrogens is 2060 g/mol. The molecule has 0 aliphatic rings. The Morgan fingerprint density at radius 1 is 0.384 bits per heavy atom. The van der Waals surface area contributed by atoms with E-state index < -0.39 is 9.05 Å². The van der Waals surface area contributed by atoms with Crippen LogP contribution in [0.25, 0.3) is 22.5 Å². The van der Waals surface area contributed by atoms with E-state index in [1.807, 2.05) is 198 Å². The molecule has 3 heterocycles. The number of nitrogens with zero attached hydrogens (tertiary/aromatic N) is 6. The van der Waals surface area contributed by atoms with E-state index >= 15 is 0 Å². The number of ketones is 1. The average Bonchev–Trinajstić information content (AvgIpc) is 0.809. The number of hydrogen-bond acceptors (Lipinski definition) is 12. The molecule has 22 heteroatoms. The molecule has 0 fully saturated rings. The molecule has 3 aromatic heterocycles. The van der Waals surface area contributed by atoms with Crippen molar-refractivity contribution in [2.24, 2.45) is 9.98 Å². The first-order valence-corrected chi connectivity index (χ1v) is 51.8. The predicted molar refractivity (Wildman–Crippen MR) is 606 cm³/mol. The van der Waals surface area contributed by atoms with Crippen LogP contribution in [0.4, 0.5) is 17.1 Å². The van der Waals surface area contributed by atoms with E-state index in [-0.39, 0.29) is 81.7 Å². The van der Waals surface area contributed by atoms with Gasteiger partial charge in [-0.1, -0.05) is 356 Å². The van der Waals surface area contributed by atoms with Gasteiger partial charge in [0.2, 0.25) is 0 Å². The van der Waals surface area contributed by atoms with Crippen molar-refractivity contribution in [1.82, 2.24) is 19.9 Å². The molecule has 10 aromatic carbocycles. The normalized spacial score (nSPS) is 10.9. The number of rotatable bonds is 27. The maximum atomic E-state index is 12.0. The molecule has 726 valence electrons. The minimum atomic E-state index is -2.80. The summed E-state index contributed by atoms with van der Waals surface area (Å²) in [5.41, 5.74) is 23.6. The fourth-order valence-corrected chi connectivity index (χ4v) is 17.1. The summed E-state index contributed by atoms with van der Waals surface area (Å²) < 4.78 is 26.6. The van der Waals surface area contributed by atoms with Crippen LogP contribution in [0.15, 0.2) is 342 Å². The van der Waals surface area contributed by atoms with E-state index in [9.17, 15) is 9.59 Å². The number of hydrogen-bond donors (Lipinski definition) is 1. The van der Waals surface area contributed by atoms with E-state index in [0.717, 1.165) is 90.9 Å². The number of unbranched alkanes of at least 4 members (excludes halogenated alkanes) is 1. The zero-order chi connectivity index (χ0) is 98.7. The predicted octanol–water partition coefficient (Wildman–Crippen LogP) is 28.0. The van der Waals surface area contributed by atoms with Crippen LogP contribution in [0.2, 0.25) is 0 Å². The molecule has 0 spiro atoms. The van der Waals surface area contributed by atoms with Gasteiger partial charge in [-0.25, -0.2) is 4.98 Å². The van der Waals surface area contributed by atoms with E-state index in [1.165, 1.54) is 51.1 Å². The summed E-state index contributed by atoms with van der Waals surface area (Å²) in [7, 11) is 0.683. The Morgan fingerprint density at radius 3 is 1.03 bits per heavy atom. The average molecular weight is 2200 g/mol. The summed E-state index contributed by atoms with van der Waals surface area (Å²) in [5, 5.41) is 3.82. The van der Waals surface area contributed by atoms with Crippen molar-refractivity contribution in [3.05, 3.63) is 406 Å². The Balaban J connectivity index is 0.00000160. The second kappa shape index (κ2) is 70.7. The molecule has 138 heavy (non-hydrogen) atoms.